The van der Waals surface area contributed by atoms with Crippen LogP contribution in [0.25, 0.3) is 0 Å². The van der Waals surface area contributed by atoms with E-state index in [1.807, 2.05) is 25.1 Å². The molecule has 2 amide bonds. The molecule has 2 aromatic rings. The van der Waals surface area contributed by atoms with Gasteiger partial charge in [-0.05, 0) is 24.6 Å². The Balaban J connectivity index is 1.71. The Hall–Kier alpha value is -3.00. The first-order chi connectivity index (χ1) is 13.5. The Bertz CT molecular complexity index is 856. The van der Waals surface area contributed by atoms with Crippen LogP contribution in [0.2, 0.25) is 0 Å². The largest absolute Gasteiger partial charge is 0.481 e. The van der Waals surface area contributed by atoms with E-state index in [2.05, 4.69) is 15.3 Å². The van der Waals surface area contributed by atoms with Crippen LogP contribution in [0.5, 0.6) is 5.88 Å². The summed E-state index contributed by atoms with van der Waals surface area (Å²) in [5.74, 6) is 0.0933. The monoisotopic (exact) mass is 383 g/mol. The molecular weight excluding hydrogens is 358 g/mol. The Kier molecular flexibility index (Phi) is 6.20. The minimum atomic E-state index is -0.558. The van der Waals surface area contributed by atoms with Gasteiger partial charge in [0.15, 0.2) is 0 Å². The number of carbonyl (C=O) groups is 2. The summed E-state index contributed by atoms with van der Waals surface area (Å²) in [6, 6.07) is 6.93. The number of amides is 2. The fourth-order valence-electron chi connectivity index (χ4n) is 3.08. The van der Waals surface area contributed by atoms with E-state index in [1.54, 1.807) is 17.2 Å². The van der Waals surface area contributed by atoms with Crippen LogP contribution in [0, 0.1) is 0 Å². The molecule has 1 aliphatic rings. The van der Waals surface area contributed by atoms with Crippen molar-refractivity contribution in [1.29, 1.82) is 0 Å². The van der Waals surface area contributed by atoms with E-state index in [0.717, 1.165) is 5.69 Å². The lowest BCUT2D eigenvalue weighted by Crippen LogP contribution is -2.39. The molecule has 0 aromatic carbocycles. The van der Waals surface area contributed by atoms with Gasteiger partial charge in [0.1, 0.15) is 0 Å². The summed E-state index contributed by atoms with van der Waals surface area (Å²) in [7, 11) is 1.52. The summed E-state index contributed by atoms with van der Waals surface area (Å²) in [5.41, 5.74) is 8.56. The zero-order chi connectivity index (χ0) is 20.1. The second-order valence-electron chi connectivity index (χ2n) is 6.68. The van der Waals surface area contributed by atoms with E-state index in [4.69, 9.17) is 10.5 Å². The van der Waals surface area contributed by atoms with Crippen LogP contribution in [-0.4, -0.2) is 46.4 Å². The first-order valence-electron chi connectivity index (χ1n) is 9.32. The number of fused-ring (bicyclic) bond motifs is 1. The predicted octanol–water partition coefficient (Wildman–Crippen LogP) is 1.04. The van der Waals surface area contributed by atoms with Crippen LogP contribution < -0.4 is 15.8 Å². The minimum absolute atomic E-state index is 0.0704. The van der Waals surface area contributed by atoms with Gasteiger partial charge in [0.25, 0.3) is 5.91 Å². The second kappa shape index (κ2) is 8.79. The topological polar surface area (TPSA) is 110 Å². The lowest BCUT2D eigenvalue weighted by atomic mass is 10.1. The molecule has 3 heterocycles. The molecule has 0 aliphatic carbocycles. The molecule has 8 nitrogen and oxygen atoms in total. The summed E-state index contributed by atoms with van der Waals surface area (Å²) in [5, 5.41) is 2.77. The Labute approximate surface area is 164 Å². The standard InChI is InChI=1S/C20H25N5O3/c1-3-16(21)18(26)23-11-13-10-15-17(24-19(13)28-2)12-25(20(15)27)9-7-14-6-4-5-8-22-14/h4-6,8,10,16H,3,7,9,11-12,21H2,1-2H3,(H,23,26)/t16-/m0/s1. The van der Waals surface area contributed by atoms with Gasteiger partial charge in [-0.1, -0.05) is 13.0 Å². The number of nitrogens with zero attached hydrogens (tertiary/aromatic N) is 3. The van der Waals surface area contributed by atoms with Gasteiger partial charge >= 0.3 is 0 Å². The molecule has 0 saturated carbocycles. The van der Waals surface area contributed by atoms with Crippen molar-refractivity contribution in [1.82, 2.24) is 20.2 Å². The Morgan fingerprint density at radius 2 is 2.25 bits per heavy atom. The number of aromatic nitrogens is 2. The normalized spacial score (nSPS) is 14.0. The third kappa shape index (κ3) is 4.28. The van der Waals surface area contributed by atoms with Crippen molar-refractivity contribution in [3.8, 4) is 5.88 Å². The fraction of sp³-hybridized carbons (Fsp3) is 0.400. The third-order valence-corrected chi connectivity index (χ3v) is 4.79. The van der Waals surface area contributed by atoms with Crippen molar-refractivity contribution in [2.45, 2.75) is 38.9 Å². The molecule has 148 valence electrons. The maximum absolute atomic E-state index is 12.8. The first kappa shape index (κ1) is 19.8. The van der Waals surface area contributed by atoms with Crippen LogP contribution in [-0.2, 0) is 24.3 Å². The van der Waals surface area contributed by atoms with E-state index in [1.165, 1.54) is 7.11 Å². The lowest BCUT2D eigenvalue weighted by molar-refractivity contribution is -0.122. The molecule has 28 heavy (non-hydrogen) atoms. The van der Waals surface area contributed by atoms with Gasteiger partial charge in [0.2, 0.25) is 11.8 Å². The van der Waals surface area contributed by atoms with E-state index in [9.17, 15) is 9.59 Å². The zero-order valence-corrected chi connectivity index (χ0v) is 16.1. The number of rotatable bonds is 8. The molecule has 0 saturated heterocycles. The molecule has 0 spiro atoms. The molecule has 1 aliphatic heterocycles. The summed E-state index contributed by atoms with van der Waals surface area (Å²) in [6.07, 6.45) is 2.97. The summed E-state index contributed by atoms with van der Waals surface area (Å²) in [4.78, 5) is 35.3. The number of nitrogens with one attached hydrogen (secondary N) is 1. The van der Waals surface area contributed by atoms with E-state index >= 15 is 0 Å². The molecule has 8 heteroatoms. The molecule has 1 atom stereocenters. The van der Waals surface area contributed by atoms with Gasteiger partial charge < -0.3 is 20.7 Å². The maximum atomic E-state index is 12.8. The van der Waals surface area contributed by atoms with Gasteiger partial charge in [0, 0.05) is 37.0 Å². The molecular formula is C20H25N5O3. The van der Waals surface area contributed by atoms with Crippen molar-refractivity contribution < 1.29 is 14.3 Å². The number of hydrogen-bond donors (Lipinski definition) is 2. The molecule has 2 aromatic heterocycles. The van der Waals surface area contributed by atoms with E-state index in [-0.39, 0.29) is 18.4 Å². The predicted molar refractivity (Wildman–Crippen MR) is 104 cm³/mol. The number of ether oxygens (including phenoxy) is 1. The van der Waals surface area contributed by atoms with Crippen molar-refractivity contribution in [2.24, 2.45) is 5.73 Å². The Morgan fingerprint density at radius 1 is 1.43 bits per heavy atom. The first-order valence-corrected chi connectivity index (χ1v) is 9.32. The van der Waals surface area contributed by atoms with Gasteiger partial charge in [-0.15, -0.1) is 0 Å². The molecule has 3 rings (SSSR count). The highest BCUT2D eigenvalue weighted by Gasteiger charge is 2.30. The smallest absolute Gasteiger partial charge is 0.256 e. The van der Waals surface area contributed by atoms with Gasteiger partial charge in [-0.2, -0.15) is 0 Å². The zero-order valence-electron chi connectivity index (χ0n) is 16.1. The van der Waals surface area contributed by atoms with E-state index in [0.29, 0.717) is 48.6 Å². The highest BCUT2D eigenvalue weighted by molar-refractivity contribution is 5.98. The number of pyridine rings is 2. The highest BCUT2D eigenvalue weighted by Crippen LogP contribution is 2.27. The molecule has 0 fully saturated rings. The number of methoxy groups -OCH3 is 1. The fourth-order valence-corrected chi connectivity index (χ4v) is 3.08. The average molecular weight is 383 g/mol. The van der Waals surface area contributed by atoms with Crippen molar-refractivity contribution in [3.63, 3.8) is 0 Å². The van der Waals surface area contributed by atoms with Crippen LogP contribution in [0.1, 0.15) is 40.7 Å². The summed E-state index contributed by atoms with van der Waals surface area (Å²) in [6.45, 7) is 3.05. The minimum Gasteiger partial charge on any atom is -0.481 e. The summed E-state index contributed by atoms with van der Waals surface area (Å²) >= 11 is 0. The quantitative estimate of drug-likeness (QED) is 0.705. The molecule has 0 radical (unpaired) electrons. The second-order valence-corrected chi connectivity index (χ2v) is 6.68. The lowest BCUT2D eigenvalue weighted by Gasteiger charge is -2.14. The average Bonchev–Trinajstić information content (AvgIpc) is 3.04. The number of nitrogens with two attached hydrogens (primary N) is 1. The van der Waals surface area contributed by atoms with Gasteiger partial charge in [-0.3, -0.25) is 14.6 Å². The molecule has 0 unspecified atom stereocenters. The van der Waals surface area contributed by atoms with Crippen LogP contribution in [0.3, 0.4) is 0 Å². The SMILES string of the molecule is CC[C@H](N)C(=O)NCc1cc2c(nc1OC)CN(CCc1ccccn1)C2=O. The van der Waals surface area contributed by atoms with Crippen molar-refractivity contribution in [2.75, 3.05) is 13.7 Å². The van der Waals surface area contributed by atoms with Crippen LogP contribution in [0.15, 0.2) is 30.5 Å². The third-order valence-electron chi connectivity index (χ3n) is 4.79. The van der Waals surface area contributed by atoms with Crippen LogP contribution >= 0.6 is 0 Å². The molecule has 3 N–H and O–H groups in total. The van der Waals surface area contributed by atoms with Crippen LogP contribution in [0.4, 0.5) is 0 Å². The van der Waals surface area contributed by atoms with Crippen molar-refractivity contribution in [3.05, 3.63) is 53.0 Å². The number of hydrogen-bond acceptors (Lipinski definition) is 6. The summed E-state index contributed by atoms with van der Waals surface area (Å²) < 4.78 is 5.36. The van der Waals surface area contributed by atoms with Gasteiger partial charge in [-0.25, -0.2) is 4.98 Å². The highest BCUT2D eigenvalue weighted by atomic mass is 16.5. The number of carbonyl (C=O) groups excluding carboxylic acids is 2. The van der Waals surface area contributed by atoms with E-state index < -0.39 is 6.04 Å². The van der Waals surface area contributed by atoms with Gasteiger partial charge in [0.05, 0.1) is 31.0 Å². The Morgan fingerprint density at radius 3 is 2.93 bits per heavy atom. The maximum Gasteiger partial charge on any atom is 0.256 e. The molecule has 0 bridgehead atoms. The van der Waals surface area contributed by atoms with Crippen molar-refractivity contribution >= 4 is 11.8 Å².